The molecule has 0 saturated heterocycles. The van der Waals surface area contributed by atoms with Gasteiger partial charge in [-0.2, -0.15) is 15.0 Å². The minimum absolute atomic E-state index is 0.159. The second kappa shape index (κ2) is 8.07. The second-order valence-electron chi connectivity index (χ2n) is 6.36. The summed E-state index contributed by atoms with van der Waals surface area (Å²) in [7, 11) is 0. The molecule has 0 aliphatic carbocycles. The molecule has 1 aromatic carbocycles. The van der Waals surface area contributed by atoms with Crippen molar-refractivity contribution in [2.24, 2.45) is 0 Å². The molecular formula is C19H19N7O4. The third kappa shape index (κ3) is 4.29. The van der Waals surface area contributed by atoms with E-state index < -0.39 is 11.1 Å². The van der Waals surface area contributed by atoms with Crippen LogP contribution in [0.1, 0.15) is 18.4 Å². The molecule has 0 fully saturated rings. The van der Waals surface area contributed by atoms with Crippen LogP contribution in [0.5, 0.6) is 6.01 Å². The van der Waals surface area contributed by atoms with E-state index >= 15 is 0 Å². The van der Waals surface area contributed by atoms with Gasteiger partial charge in [0.2, 0.25) is 11.9 Å². The first-order chi connectivity index (χ1) is 14.5. The van der Waals surface area contributed by atoms with Crippen LogP contribution < -0.4 is 26.5 Å². The number of hydrogen-bond acceptors (Lipinski definition) is 9. The maximum absolute atomic E-state index is 11.6. The van der Waals surface area contributed by atoms with Crippen LogP contribution >= 0.6 is 0 Å². The minimum Gasteiger partial charge on any atom is -0.465 e. The topological polar surface area (TPSA) is 151 Å². The van der Waals surface area contributed by atoms with Gasteiger partial charge in [0.15, 0.2) is 0 Å². The quantitative estimate of drug-likeness (QED) is 0.336. The molecule has 3 heterocycles. The molecule has 4 aromatic rings. The number of rotatable bonds is 7. The number of hydrogen-bond donors (Lipinski definition) is 4. The Bertz CT molecular complexity index is 1310. The molecule has 0 amide bonds. The van der Waals surface area contributed by atoms with E-state index in [1.165, 1.54) is 0 Å². The van der Waals surface area contributed by atoms with Gasteiger partial charge in [-0.3, -0.25) is 9.59 Å². The fraction of sp³-hybridized carbons (Fsp3) is 0.211. The summed E-state index contributed by atoms with van der Waals surface area (Å²) in [4.78, 5) is 40.9. The highest BCUT2D eigenvalue weighted by molar-refractivity contribution is 5.79. The molecule has 154 valence electrons. The number of ether oxygens (including phenoxy) is 1. The van der Waals surface area contributed by atoms with Crippen LogP contribution in [-0.4, -0.2) is 31.5 Å². The van der Waals surface area contributed by atoms with Gasteiger partial charge in [-0.15, -0.1) is 0 Å². The Hall–Kier alpha value is -4.15. The molecule has 0 aliphatic heterocycles. The van der Waals surface area contributed by atoms with Crippen LogP contribution in [0.15, 0.2) is 44.3 Å². The summed E-state index contributed by atoms with van der Waals surface area (Å²) in [5.74, 6) is 2.12. The number of aromatic amines is 2. The summed E-state index contributed by atoms with van der Waals surface area (Å²) in [5, 5.41) is 6.13. The van der Waals surface area contributed by atoms with Gasteiger partial charge in [0, 0.05) is 5.69 Å². The highest BCUT2D eigenvalue weighted by Crippen LogP contribution is 2.20. The third-order valence-electron chi connectivity index (χ3n) is 4.08. The van der Waals surface area contributed by atoms with Crippen LogP contribution in [0.3, 0.4) is 0 Å². The number of anilines is 3. The normalized spacial score (nSPS) is 10.9. The Labute approximate surface area is 169 Å². The molecule has 0 radical (unpaired) electrons. The first-order valence-electron chi connectivity index (χ1n) is 9.21. The number of aromatic nitrogens is 5. The van der Waals surface area contributed by atoms with Crippen molar-refractivity contribution >= 4 is 28.6 Å². The lowest BCUT2D eigenvalue weighted by Crippen LogP contribution is -2.28. The summed E-state index contributed by atoms with van der Waals surface area (Å²) < 4.78 is 11.0. The predicted octanol–water partition coefficient (Wildman–Crippen LogP) is 2.06. The smallest absolute Gasteiger partial charge is 0.323 e. The summed E-state index contributed by atoms with van der Waals surface area (Å²) in [6.07, 6.45) is 0. The van der Waals surface area contributed by atoms with Crippen LogP contribution in [0.4, 0.5) is 17.6 Å². The van der Waals surface area contributed by atoms with Crippen LogP contribution in [0.25, 0.3) is 11.0 Å². The van der Waals surface area contributed by atoms with E-state index in [4.69, 9.17) is 9.15 Å². The van der Waals surface area contributed by atoms with Gasteiger partial charge in [-0.1, -0.05) is 0 Å². The largest absolute Gasteiger partial charge is 0.465 e. The number of nitrogens with one attached hydrogen (secondary N) is 4. The van der Waals surface area contributed by atoms with Crippen molar-refractivity contribution in [2.45, 2.75) is 20.4 Å². The lowest BCUT2D eigenvalue weighted by atomic mass is 10.2. The van der Waals surface area contributed by atoms with Gasteiger partial charge < -0.3 is 29.8 Å². The number of H-pyrrole nitrogens is 2. The van der Waals surface area contributed by atoms with Crippen molar-refractivity contribution in [3.8, 4) is 6.01 Å². The van der Waals surface area contributed by atoms with Crippen LogP contribution in [0.2, 0.25) is 0 Å². The molecule has 4 rings (SSSR count). The lowest BCUT2D eigenvalue weighted by molar-refractivity contribution is 0.312. The average Bonchev–Trinajstić information content (AvgIpc) is 3.13. The SMILES string of the molecule is CCOc1nc(NCc2ccc(C)o2)nc(Nc2ccc3[nH]c(=O)c(=O)[nH]c3c2)n1. The van der Waals surface area contributed by atoms with E-state index in [1.807, 2.05) is 26.0 Å². The molecule has 3 aromatic heterocycles. The molecule has 11 nitrogen and oxygen atoms in total. The van der Waals surface area contributed by atoms with Crippen molar-refractivity contribution in [1.29, 1.82) is 0 Å². The van der Waals surface area contributed by atoms with E-state index in [9.17, 15) is 9.59 Å². The van der Waals surface area contributed by atoms with Gasteiger partial charge >= 0.3 is 17.1 Å². The van der Waals surface area contributed by atoms with Crippen LogP contribution in [-0.2, 0) is 6.54 Å². The molecule has 0 unspecified atom stereocenters. The first-order valence-corrected chi connectivity index (χ1v) is 9.21. The zero-order valence-electron chi connectivity index (χ0n) is 16.3. The number of furan rings is 1. The van der Waals surface area contributed by atoms with Gasteiger partial charge in [0.05, 0.1) is 24.2 Å². The Morgan fingerprint density at radius 2 is 1.77 bits per heavy atom. The van der Waals surface area contributed by atoms with E-state index in [-0.39, 0.29) is 12.0 Å². The monoisotopic (exact) mass is 409 g/mol. The van der Waals surface area contributed by atoms with E-state index in [0.29, 0.717) is 35.8 Å². The van der Waals surface area contributed by atoms with E-state index in [0.717, 1.165) is 11.5 Å². The fourth-order valence-electron chi connectivity index (χ4n) is 2.75. The van der Waals surface area contributed by atoms with Gasteiger partial charge in [-0.05, 0) is 44.2 Å². The number of nitrogens with zero attached hydrogens (tertiary/aromatic N) is 3. The highest BCUT2D eigenvalue weighted by Gasteiger charge is 2.10. The Morgan fingerprint density at radius 3 is 2.50 bits per heavy atom. The second-order valence-corrected chi connectivity index (χ2v) is 6.36. The molecule has 11 heteroatoms. The zero-order chi connectivity index (χ0) is 21.1. The van der Waals surface area contributed by atoms with Crippen molar-refractivity contribution in [3.63, 3.8) is 0 Å². The Morgan fingerprint density at radius 1 is 1.00 bits per heavy atom. The molecule has 0 spiro atoms. The number of benzene rings is 1. The van der Waals surface area contributed by atoms with Gasteiger partial charge in [0.1, 0.15) is 11.5 Å². The van der Waals surface area contributed by atoms with Crippen molar-refractivity contribution in [2.75, 3.05) is 17.2 Å². The minimum atomic E-state index is -0.724. The number of fused-ring (bicyclic) bond motifs is 1. The van der Waals surface area contributed by atoms with Gasteiger partial charge in [-0.25, -0.2) is 0 Å². The van der Waals surface area contributed by atoms with E-state index in [2.05, 4.69) is 35.6 Å². The molecule has 30 heavy (non-hydrogen) atoms. The Balaban J connectivity index is 1.59. The highest BCUT2D eigenvalue weighted by atomic mass is 16.5. The van der Waals surface area contributed by atoms with Crippen LogP contribution in [0, 0.1) is 6.92 Å². The van der Waals surface area contributed by atoms with Gasteiger partial charge in [0.25, 0.3) is 0 Å². The fourth-order valence-corrected chi connectivity index (χ4v) is 2.75. The molecule has 4 N–H and O–H groups in total. The van der Waals surface area contributed by atoms with E-state index in [1.54, 1.807) is 18.2 Å². The maximum Gasteiger partial charge on any atom is 0.323 e. The molecular weight excluding hydrogens is 390 g/mol. The summed E-state index contributed by atoms with van der Waals surface area (Å²) in [6, 6.07) is 8.95. The molecule has 0 saturated carbocycles. The maximum atomic E-state index is 11.6. The van der Waals surface area contributed by atoms with Crippen molar-refractivity contribution < 1.29 is 9.15 Å². The summed E-state index contributed by atoms with van der Waals surface area (Å²) >= 11 is 0. The average molecular weight is 409 g/mol. The van der Waals surface area contributed by atoms with Crippen molar-refractivity contribution in [3.05, 3.63) is 62.6 Å². The summed E-state index contributed by atoms with van der Waals surface area (Å²) in [5.41, 5.74) is 0.149. The first kappa shape index (κ1) is 19.2. The van der Waals surface area contributed by atoms with Crippen molar-refractivity contribution in [1.82, 2.24) is 24.9 Å². The summed E-state index contributed by atoms with van der Waals surface area (Å²) in [6.45, 7) is 4.49. The standard InChI is InChI=1S/C19H19N7O4/c1-3-29-19-25-17(20-9-12-6-4-10(2)30-12)24-18(26-19)21-11-5-7-13-14(8-11)23-16(28)15(27)22-13/h4-8H,3,9H2,1-2H3,(H,22,27)(H,23,28)(H2,20,21,24,25,26). The molecule has 0 bridgehead atoms. The Kier molecular flexibility index (Phi) is 5.16. The molecule has 0 atom stereocenters. The third-order valence-corrected chi connectivity index (χ3v) is 4.08. The lowest BCUT2D eigenvalue weighted by Gasteiger charge is -2.10. The zero-order valence-corrected chi connectivity index (χ0v) is 16.3. The molecule has 0 aliphatic rings. The number of aryl methyl sites for hydroxylation is 1. The predicted molar refractivity (Wildman–Crippen MR) is 110 cm³/mol.